The van der Waals surface area contributed by atoms with Crippen LogP contribution in [0.15, 0.2) is 46.2 Å². The molecule has 0 amide bonds. The van der Waals surface area contributed by atoms with Gasteiger partial charge in [-0.1, -0.05) is 5.16 Å². The molecule has 7 heteroatoms. The molecule has 0 unspecified atom stereocenters. The number of pyridine rings is 1. The van der Waals surface area contributed by atoms with Crippen LogP contribution in [0.5, 0.6) is 11.5 Å². The zero-order chi connectivity index (χ0) is 13.8. The van der Waals surface area contributed by atoms with Gasteiger partial charge < -0.3 is 15.7 Å². The third-order valence-corrected chi connectivity index (χ3v) is 2.85. The SMILES string of the molecule is N/C(=N/O)c1ncccc1Oc1ccc(F)cc1Br. The average Bonchev–Trinajstić information content (AvgIpc) is 2.41. The number of hydrogen-bond acceptors (Lipinski definition) is 4. The molecule has 98 valence electrons. The second-order valence-electron chi connectivity index (χ2n) is 3.51. The van der Waals surface area contributed by atoms with Crippen molar-refractivity contribution in [2.24, 2.45) is 10.9 Å². The van der Waals surface area contributed by atoms with Crippen LogP contribution in [0.25, 0.3) is 0 Å². The minimum Gasteiger partial charge on any atom is -0.454 e. The van der Waals surface area contributed by atoms with E-state index in [2.05, 4.69) is 26.1 Å². The Bertz CT molecular complexity index is 634. The molecule has 0 aliphatic rings. The largest absolute Gasteiger partial charge is 0.454 e. The molecule has 2 rings (SSSR count). The van der Waals surface area contributed by atoms with Crippen LogP contribution in [0, 0.1) is 5.82 Å². The van der Waals surface area contributed by atoms with Crippen LogP contribution < -0.4 is 10.5 Å². The standard InChI is InChI=1S/C12H9BrFN3O2/c13-8-6-7(14)3-4-9(8)19-10-2-1-5-16-11(10)12(15)17-18/h1-6,18H,(H2,15,17). The first kappa shape index (κ1) is 13.3. The summed E-state index contributed by atoms with van der Waals surface area (Å²) in [5.74, 6) is 0.127. The highest BCUT2D eigenvalue weighted by molar-refractivity contribution is 9.10. The molecule has 0 bridgehead atoms. The lowest BCUT2D eigenvalue weighted by molar-refractivity contribution is 0.318. The minimum absolute atomic E-state index is 0.172. The van der Waals surface area contributed by atoms with Crippen LogP contribution in [-0.4, -0.2) is 16.0 Å². The van der Waals surface area contributed by atoms with Crippen LogP contribution >= 0.6 is 15.9 Å². The number of halogens is 2. The maximum Gasteiger partial charge on any atom is 0.192 e. The van der Waals surface area contributed by atoms with Gasteiger partial charge in [0.2, 0.25) is 0 Å². The molecule has 0 saturated heterocycles. The van der Waals surface area contributed by atoms with E-state index in [4.69, 9.17) is 15.7 Å². The normalized spacial score (nSPS) is 11.4. The van der Waals surface area contributed by atoms with Crippen LogP contribution in [0.4, 0.5) is 4.39 Å². The third kappa shape index (κ3) is 3.00. The molecule has 5 nitrogen and oxygen atoms in total. The summed E-state index contributed by atoms with van der Waals surface area (Å²) in [6.45, 7) is 0. The Labute approximate surface area is 116 Å². The Morgan fingerprint density at radius 3 is 2.84 bits per heavy atom. The molecule has 0 spiro atoms. The molecule has 0 aliphatic heterocycles. The average molecular weight is 326 g/mol. The van der Waals surface area contributed by atoms with Crippen LogP contribution in [-0.2, 0) is 0 Å². The van der Waals surface area contributed by atoms with Crippen molar-refractivity contribution in [1.82, 2.24) is 4.98 Å². The Balaban J connectivity index is 2.38. The fourth-order valence-electron chi connectivity index (χ4n) is 1.39. The molecule has 3 N–H and O–H groups in total. The van der Waals surface area contributed by atoms with Gasteiger partial charge in [0, 0.05) is 6.20 Å². The topological polar surface area (TPSA) is 80.7 Å². The molecular weight excluding hydrogens is 317 g/mol. The lowest BCUT2D eigenvalue weighted by Gasteiger charge is -2.10. The Kier molecular flexibility index (Phi) is 3.96. The number of rotatable bonds is 3. The smallest absolute Gasteiger partial charge is 0.192 e. The van der Waals surface area contributed by atoms with Crippen LogP contribution in [0.1, 0.15) is 5.69 Å². The van der Waals surface area contributed by atoms with E-state index in [1.807, 2.05) is 0 Å². The number of aromatic nitrogens is 1. The molecule has 1 aromatic carbocycles. The van der Waals surface area contributed by atoms with Gasteiger partial charge in [-0.25, -0.2) is 9.37 Å². The van der Waals surface area contributed by atoms with E-state index in [1.165, 1.54) is 24.4 Å². The minimum atomic E-state index is -0.387. The zero-order valence-electron chi connectivity index (χ0n) is 9.55. The van der Waals surface area contributed by atoms with Crippen molar-refractivity contribution in [2.45, 2.75) is 0 Å². The molecule has 1 heterocycles. The van der Waals surface area contributed by atoms with E-state index in [-0.39, 0.29) is 17.3 Å². The second-order valence-corrected chi connectivity index (χ2v) is 4.37. The highest BCUT2D eigenvalue weighted by Crippen LogP contribution is 2.31. The van der Waals surface area contributed by atoms with Crippen molar-refractivity contribution in [3.8, 4) is 11.5 Å². The predicted molar refractivity (Wildman–Crippen MR) is 70.9 cm³/mol. The van der Waals surface area contributed by atoms with Gasteiger partial charge in [-0.2, -0.15) is 0 Å². The molecule has 0 fully saturated rings. The number of amidine groups is 1. The van der Waals surface area contributed by atoms with E-state index >= 15 is 0 Å². The van der Waals surface area contributed by atoms with Crippen molar-refractivity contribution in [3.63, 3.8) is 0 Å². The van der Waals surface area contributed by atoms with Gasteiger partial charge in [0.05, 0.1) is 4.47 Å². The molecule has 0 atom stereocenters. The molecule has 0 saturated carbocycles. The lowest BCUT2D eigenvalue weighted by Crippen LogP contribution is -2.16. The van der Waals surface area contributed by atoms with Gasteiger partial charge in [-0.15, -0.1) is 0 Å². The maximum atomic E-state index is 13.0. The quantitative estimate of drug-likeness (QED) is 0.393. The number of hydrogen-bond donors (Lipinski definition) is 2. The second kappa shape index (κ2) is 5.66. The van der Waals surface area contributed by atoms with Gasteiger partial charge in [0.15, 0.2) is 17.3 Å². The summed E-state index contributed by atoms with van der Waals surface area (Å²) in [7, 11) is 0. The van der Waals surface area contributed by atoms with Crippen LogP contribution in [0.3, 0.4) is 0 Å². The summed E-state index contributed by atoms with van der Waals surface area (Å²) in [5.41, 5.74) is 5.69. The Morgan fingerprint density at radius 1 is 1.37 bits per heavy atom. The monoisotopic (exact) mass is 325 g/mol. The fraction of sp³-hybridized carbons (Fsp3) is 0. The van der Waals surface area contributed by atoms with Crippen LogP contribution in [0.2, 0.25) is 0 Å². The van der Waals surface area contributed by atoms with Gasteiger partial charge >= 0.3 is 0 Å². The van der Waals surface area contributed by atoms with E-state index in [0.717, 1.165) is 0 Å². The number of nitrogens with zero attached hydrogens (tertiary/aromatic N) is 2. The fourth-order valence-corrected chi connectivity index (χ4v) is 1.82. The number of benzene rings is 1. The molecule has 19 heavy (non-hydrogen) atoms. The first-order valence-corrected chi connectivity index (χ1v) is 5.97. The first-order valence-electron chi connectivity index (χ1n) is 5.17. The predicted octanol–water partition coefficient (Wildman–Crippen LogP) is 2.87. The first-order chi connectivity index (χ1) is 9.11. The van der Waals surface area contributed by atoms with Gasteiger partial charge in [-0.05, 0) is 46.3 Å². The molecule has 1 aromatic heterocycles. The van der Waals surface area contributed by atoms with E-state index in [0.29, 0.717) is 16.0 Å². The van der Waals surface area contributed by atoms with E-state index in [9.17, 15) is 4.39 Å². The van der Waals surface area contributed by atoms with E-state index in [1.54, 1.807) is 12.1 Å². The Hall–Kier alpha value is -2.15. The number of ether oxygens (including phenoxy) is 1. The summed E-state index contributed by atoms with van der Waals surface area (Å²) in [5, 5.41) is 11.6. The molecule has 0 aliphatic carbocycles. The summed E-state index contributed by atoms with van der Waals surface area (Å²) < 4.78 is 19.0. The lowest BCUT2D eigenvalue weighted by atomic mass is 10.3. The third-order valence-electron chi connectivity index (χ3n) is 2.23. The van der Waals surface area contributed by atoms with Crippen molar-refractivity contribution >= 4 is 21.8 Å². The van der Waals surface area contributed by atoms with Crippen molar-refractivity contribution in [3.05, 3.63) is 52.5 Å². The summed E-state index contributed by atoms with van der Waals surface area (Å²) in [6, 6.07) is 7.24. The zero-order valence-corrected chi connectivity index (χ0v) is 11.1. The molecule has 2 aromatic rings. The highest BCUT2D eigenvalue weighted by Gasteiger charge is 2.12. The maximum absolute atomic E-state index is 13.0. The highest BCUT2D eigenvalue weighted by atomic mass is 79.9. The number of oxime groups is 1. The van der Waals surface area contributed by atoms with Crippen molar-refractivity contribution < 1.29 is 14.3 Å². The molecular formula is C12H9BrFN3O2. The molecule has 0 radical (unpaired) electrons. The summed E-state index contributed by atoms with van der Waals surface area (Å²) >= 11 is 3.19. The van der Waals surface area contributed by atoms with Crippen molar-refractivity contribution in [2.75, 3.05) is 0 Å². The van der Waals surface area contributed by atoms with Gasteiger partial charge in [0.1, 0.15) is 11.6 Å². The van der Waals surface area contributed by atoms with Crippen molar-refractivity contribution in [1.29, 1.82) is 0 Å². The van der Waals surface area contributed by atoms with E-state index < -0.39 is 0 Å². The summed E-state index contributed by atoms with van der Waals surface area (Å²) in [6.07, 6.45) is 1.49. The van der Waals surface area contributed by atoms with Gasteiger partial charge in [-0.3, -0.25) is 0 Å². The Morgan fingerprint density at radius 2 is 2.16 bits per heavy atom. The summed E-state index contributed by atoms with van der Waals surface area (Å²) in [4.78, 5) is 3.96. The number of nitrogens with two attached hydrogens (primary N) is 1. The van der Waals surface area contributed by atoms with Gasteiger partial charge in [0.25, 0.3) is 0 Å².